The van der Waals surface area contributed by atoms with E-state index in [9.17, 15) is 15.0 Å². The number of aliphatic hydroxyl groups excluding tert-OH is 1. The first-order valence-corrected chi connectivity index (χ1v) is 7.96. The van der Waals surface area contributed by atoms with Crippen LogP contribution in [0.25, 0.3) is 0 Å². The lowest BCUT2D eigenvalue weighted by Gasteiger charge is -2.27. The van der Waals surface area contributed by atoms with Crippen molar-refractivity contribution in [1.29, 1.82) is 0 Å². The van der Waals surface area contributed by atoms with Crippen LogP contribution in [0.5, 0.6) is 0 Å². The molecule has 2 amide bonds. The molecule has 0 spiro atoms. The van der Waals surface area contributed by atoms with Gasteiger partial charge in [-0.25, -0.2) is 4.79 Å². The van der Waals surface area contributed by atoms with Gasteiger partial charge in [-0.1, -0.05) is 19.9 Å². The molecule has 0 bridgehead atoms. The average molecular weight is 314 g/mol. The van der Waals surface area contributed by atoms with Crippen molar-refractivity contribution < 1.29 is 15.0 Å². The van der Waals surface area contributed by atoms with Gasteiger partial charge in [0.2, 0.25) is 0 Å². The number of amides is 2. The molecule has 0 aromatic carbocycles. The van der Waals surface area contributed by atoms with Crippen LogP contribution in [0.1, 0.15) is 39.0 Å². The van der Waals surface area contributed by atoms with E-state index in [1.54, 1.807) is 13.8 Å². The second-order valence-electron chi connectivity index (χ2n) is 6.50. The molecule has 0 aliphatic rings. The number of hydrogen-bond acceptors (Lipinski definition) is 4. The number of hydrogen-bond donors (Lipinski definition) is 4. The number of urea groups is 1. The topological polar surface area (TPSA) is 81.6 Å². The highest BCUT2D eigenvalue weighted by molar-refractivity contribution is 7.10. The Morgan fingerprint density at radius 2 is 1.95 bits per heavy atom. The highest BCUT2D eigenvalue weighted by Crippen LogP contribution is 2.24. The summed E-state index contributed by atoms with van der Waals surface area (Å²) in [6, 6.07) is 3.40. The summed E-state index contributed by atoms with van der Waals surface area (Å²) in [6.45, 7) is 8.00. The van der Waals surface area contributed by atoms with Gasteiger partial charge in [-0.3, -0.25) is 0 Å². The number of rotatable bonds is 7. The van der Waals surface area contributed by atoms with Crippen LogP contribution < -0.4 is 10.6 Å². The van der Waals surface area contributed by atoms with E-state index < -0.39 is 11.7 Å². The lowest BCUT2D eigenvalue weighted by Crippen LogP contribution is -2.45. The van der Waals surface area contributed by atoms with Gasteiger partial charge in [0.05, 0.1) is 12.6 Å². The first-order chi connectivity index (χ1) is 9.62. The van der Waals surface area contributed by atoms with Gasteiger partial charge in [0, 0.05) is 11.4 Å². The number of carbonyl (C=O) groups excluding carboxylic acids is 1. The zero-order valence-electron chi connectivity index (χ0n) is 13.1. The third-order valence-electron chi connectivity index (χ3n) is 3.22. The summed E-state index contributed by atoms with van der Waals surface area (Å²) < 4.78 is 0. The fourth-order valence-corrected chi connectivity index (χ4v) is 2.97. The predicted molar refractivity (Wildman–Crippen MR) is 85.4 cm³/mol. The Hall–Kier alpha value is -1.11. The van der Waals surface area contributed by atoms with E-state index in [4.69, 9.17) is 0 Å². The maximum Gasteiger partial charge on any atom is 0.314 e. The van der Waals surface area contributed by atoms with Gasteiger partial charge in [-0.15, -0.1) is 11.3 Å². The smallest absolute Gasteiger partial charge is 0.314 e. The molecule has 6 heteroatoms. The Labute approximate surface area is 130 Å². The van der Waals surface area contributed by atoms with E-state index in [1.807, 2.05) is 31.4 Å². The van der Waals surface area contributed by atoms with Crippen molar-refractivity contribution in [2.45, 2.75) is 45.8 Å². The third-order valence-corrected chi connectivity index (χ3v) is 4.34. The Bertz CT molecular complexity index is 442. The fraction of sp³-hybridized carbons (Fsp3) is 0.667. The van der Waals surface area contributed by atoms with Crippen molar-refractivity contribution in [3.05, 3.63) is 22.4 Å². The van der Waals surface area contributed by atoms with Crippen LogP contribution in [-0.2, 0) is 5.60 Å². The highest BCUT2D eigenvalue weighted by Gasteiger charge is 2.25. The van der Waals surface area contributed by atoms with Gasteiger partial charge in [0.25, 0.3) is 0 Å². The van der Waals surface area contributed by atoms with Gasteiger partial charge >= 0.3 is 6.03 Å². The largest absolute Gasteiger partial charge is 0.393 e. The summed E-state index contributed by atoms with van der Waals surface area (Å²) in [6.07, 6.45) is 0.213. The van der Waals surface area contributed by atoms with E-state index in [0.29, 0.717) is 13.0 Å². The number of nitrogens with one attached hydrogen (secondary N) is 2. The molecule has 2 unspecified atom stereocenters. The van der Waals surface area contributed by atoms with Crippen molar-refractivity contribution in [2.75, 3.05) is 13.1 Å². The standard InChI is InChI=1S/C15H26N2O3S/c1-11(18)8-14(2,3)9-16-13(19)17-10-15(4,20)12-6-5-7-21-12/h5-7,11,18,20H,8-10H2,1-4H3,(H2,16,17,19). The second kappa shape index (κ2) is 7.24. The number of aliphatic hydroxyl groups is 2. The third kappa shape index (κ3) is 6.46. The van der Waals surface area contributed by atoms with Crippen LogP contribution in [0.3, 0.4) is 0 Å². The molecule has 0 aliphatic carbocycles. The molecular formula is C15H26N2O3S. The van der Waals surface area contributed by atoms with Crippen molar-refractivity contribution in [2.24, 2.45) is 5.41 Å². The normalized spacial score (nSPS) is 16.1. The van der Waals surface area contributed by atoms with Gasteiger partial charge in [0.1, 0.15) is 5.60 Å². The van der Waals surface area contributed by atoms with Crippen molar-refractivity contribution >= 4 is 17.4 Å². The summed E-state index contributed by atoms with van der Waals surface area (Å²) in [7, 11) is 0. The molecule has 0 radical (unpaired) electrons. The molecular weight excluding hydrogens is 288 g/mol. The van der Waals surface area contributed by atoms with E-state index in [-0.39, 0.29) is 18.0 Å². The minimum absolute atomic E-state index is 0.149. The molecule has 1 aromatic heterocycles. The molecule has 5 nitrogen and oxygen atoms in total. The maximum atomic E-state index is 11.8. The summed E-state index contributed by atoms with van der Waals surface area (Å²) >= 11 is 1.46. The van der Waals surface area contributed by atoms with E-state index in [0.717, 1.165) is 4.88 Å². The second-order valence-corrected chi connectivity index (χ2v) is 7.45. The summed E-state index contributed by atoms with van der Waals surface area (Å²) in [5.74, 6) is 0. The Kier molecular flexibility index (Phi) is 6.19. The van der Waals surface area contributed by atoms with Gasteiger partial charge in [0.15, 0.2) is 0 Å². The van der Waals surface area contributed by atoms with Gasteiger partial charge in [-0.2, -0.15) is 0 Å². The van der Waals surface area contributed by atoms with Crippen LogP contribution in [0.4, 0.5) is 4.79 Å². The average Bonchev–Trinajstić information content (AvgIpc) is 2.87. The zero-order valence-corrected chi connectivity index (χ0v) is 14.0. The van der Waals surface area contributed by atoms with E-state index in [2.05, 4.69) is 10.6 Å². The highest BCUT2D eigenvalue weighted by atomic mass is 32.1. The Balaban J connectivity index is 2.38. The molecule has 21 heavy (non-hydrogen) atoms. The van der Waals surface area contributed by atoms with Gasteiger partial charge < -0.3 is 20.8 Å². The molecule has 120 valence electrons. The van der Waals surface area contributed by atoms with Crippen molar-refractivity contribution in [3.8, 4) is 0 Å². The summed E-state index contributed by atoms with van der Waals surface area (Å²) in [5.41, 5.74) is -1.25. The maximum absolute atomic E-state index is 11.8. The molecule has 1 rings (SSSR count). The first-order valence-electron chi connectivity index (χ1n) is 7.08. The van der Waals surface area contributed by atoms with Crippen LogP contribution in [0, 0.1) is 5.41 Å². The minimum Gasteiger partial charge on any atom is -0.393 e. The van der Waals surface area contributed by atoms with Crippen LogP contribution in [-0.4, -0.2) is 35.4 Å². The predicted octanol–water partition coefficient (Wildman–Crippen LogP) is 2.05. The van der Waals surface area contributed by atoms with Gasteiger partial charge in [-0.05, 0) is 37.1 Å². The summed E-state index contributed by atoms with van der Waals surface area (Å²) in [5, 5.41) is 27.1. The zero-order chi connectivity index (χ0) is 16.1. The lowest BCUT2D eigenvalue weighted by molar-refractivity contribution is 0.0629. The van der Waals surface area contributed by atoms with E-state index >= 15 is 0 Å². The molecule has 0 aliphatic heterocycles. The first kappa shape index (κ1) is 17.9. The van der Waals surface area contributed by atoms with Crippen molar-refractivity contribution in [1.82, 2.24) is 10.6 Å². The quantitative estimate of drug-likeness (QED) is 0.622. The summed E-state index contributed by atoms with van der Waals surface area (Å²) in [4.78, 5) is 12.6. The molecule has 0 saturated heterocycles. The molecule has 0 saturated carbocycles. The fourth-order valence-electron chi connectivity index (χ4n) is 2.18. The molecule has 1 aromatic rings. The Morgan fingerprint density at radius 1 is 1.33 bits per heavy atom. The molecule has 4 N–H and O–H groups in total. The van der Waals surface area contributed by atoms with Crippen molar-refractivity contribution in [3.63, 3.8) is 0 Å². The van der Waals surface area contributed by atoms with Crippen LogP contribution in [0.2, 0.25) is 0 Å². The SMILES string of the molecule is CC(O)CC(C)(C)CNC(=O)NCC(C)(O)c1cccs1. The number of carbonyl (C=O) groups is 1. The molecule has 1 heterocycles. The minimum atomic E-state index is -1.07. The monoisotopic (exact) mass is 314 g/mol. The number of thiophene rings is 1. The lowest BCUT2D eigenvalue weighted by atomic mass is 9.87. The van der Waals surface area contributed by atoms with Crippen LogP contribution >= 0.6 is 11.3 Å². The Morgan fingerprint density at radius 3 is 2.48 bits per heavy atom. The molecule has 0 fully saturated rings. The van der Waals surface area contributed by atoms with E-state index in [1.165, 1.54) is 11.3 Å². The van der Waals surface area contributed by atoms with Crippen LogP contribution in [0.15, 0.2) is 17.5 Å². The molecule has 2 atom stereocenters.